The Morgan fingerprint density at radius 2 is 2.50 bits per heavy atom. The second-order valence-electron chi connectivity index (χ2n) is 2.03. The summed E-state index contributed by atoms with van der Waals surface area (Å²) >= 11 is 0. The van der Waals surface area contributed by atoms with E-state index >= 15 is 0 Å². The molecule has 0 aromatic heterocycles. The minimum absolute atomic E-state index is 0.328. The molecule has 0 aromatic rings. The summed E-state index contributed by atoms with van der Waals surface area (Å²) in [6, 6.07) is -0.356. The maximum absolute atomic E-state index is 10.7. The Morgan fingerprint density at radius 3 is 2.90 bits per heavy atom. The lowest BCUT2D eigenvalue weighted by Gasteiger charge is -2.03. The van der Waals surface area contributed by atoms with E-state index in [1.807, 2.05) is 0 Å². The number of ether oxygens (including phenoxy) is 1. The van der Waals surface area contributed by atoms with Gasteiger partial charge in [-0.2, -0.15) is 0 Å². The van der Waals surface area contributed by atoms with Crippen LogP contribution in [-0.2, 0) is 20.5 Å². The van der Waals surface area contributed by atoms with Crippen molar-refractivity contribution >= 4 is 17.0 Å². The summed E-state index contributed by atoms with van der Waals surface area (Å²) in [6.07, 6.45) is 0.610. The van der Waals surface area contributed by atoms with Gasteiger partial charge in [0.05, 0.1) is 18.1 Å². The van der Waals surface area contributed by atoms with Gasteiger partial charge in [0.15, 0.2) is 0 Å². The molecule has 4 nitrogen and oxygen atoms in total. The lowest BCUT2D eigenvalue weighted by Crippen LogP contribution is -2.31. The third-order valence-electron chi connectivity index (χ3n) is 1.35. The van der Waals surface area contributed by atoms with Crippen molar-refractivity contribution in [1.29, 1.82) is 0 Å². The van der Waals surface area contributed by atoms with Gasteiger partial charge in [-0.15, -0.1) is 0 Å². The summed E-state index contributed by atoms with van der Waals surface area (Å²) in [5.74, 6) is 0.214. The molecule has 1 saturated heterocycles. The van der Waals surface area contributed by atoms with Crippen molar-refractivity contribution in [1.82, 2.24) is 4.72 Å². The zero-order valence-electron chi connectivity index (χ0n) is 5.62. The van der Waals surface area contributed by atoms with Crippen LogP contribution in [0.2, 0.25) is 0 Å². The monoisotopic (exact) mass is 163 g/mol. The normalized spacial score (nSPS) is 32.1. The fourth-order valence-electron chi connectivity index (χ4n) is 0.810. The fraction of sp³-hybridized carbons (Fsp3) is 0.800. The second-order valence-corrected chi connectivity index (χ2v) is 3.37. The van der Waals surface area contributed by atoms with Gasteiger partial charge in [-0.05, 0) is 6.42 Å². The molecule has 2 unspecified atom stereocenters. The molecule has 0 amide bonds. The van der Waals surface area contributed by atoms with Crippen LogP contribution >= 0.6 is 0 Å². The number of carbonyl (C=O) groups is 1. The quantitative estimate of drug-likeness (QED) is 0.514. The van der Waals surface area contributed by atoms with Crippen LogP contribution < -0.4 is 4.72 Å². The molecule has 10 heavy (non-hydrogen) atoms. The zero-order chi connectivity index (χ0) is 7.56. The van der Waals surface area contributed by atoms with Gasteiger partial charge in [0.2, 0.25) is 0 Å². The molecular weight excluding hydrogens is 154 g/mol. The minimum Gasteiger partial charge on any atom is -0.468 e. The second kappa shape index (κ2) is 3.12. The summed E-state index contributed by atoms with van der Waals surface area (Å²) in [4.78, 5) is 10.7. The Labute approximate surface area is 61.5 Å². The smallest absolute Gasteiger partial charge is 0.323 e. The Bertz CT molecular complexity index is 170. The molecule has 0 bridgehead atoms. The molecule has 0 aromatic carbocycles. The Morgan fingerprint density at radius 1 is 1.80 bits per heavy atom. The van der Waals surface area contributed by atoms with Crippen molar-refractivity contribution in [3.63, 3.8) is 0 Å². The lowest BCUT2D eigenvalue weighted by atomic mass is 10.2. The number of rotatable bonds is 1. The van der Waals surface area contributed by atoms with Crippen LogP contribution in [0.15, 0.2) is 0 Å². The number of methoxy groups -OCH3 is 1. The summed E-state index contributed by atoms with van der Waals surface area (Å²) < 4.78 is 17.7. The maximum atomic E-state index is 10.7. The van der Waals surface area contributed by atoms with Crippen molar-refractivity contribution in [2.75, 3.05) is 12.9 Å². The number of hydrogen-bond acceptors (Lipinski definition) is 3. The van der Waals surface area contributed by atoms with Gasteiger partial charge in [-0.1, -0.05) is 0 Å². The van der Waals surface area contributed by atoms with E-state index in [1.165, 1.54) is 7.11 Å². The van der Waals surface area contributed by atoms with Crippen LogP contribution in [-0.4, -0.2) is 29.1 Å². The van der Waals surface area contributed by atoms with Gasteiger partial charge in [0.25, 0.3) is 0 Å². The number of hydrogen-bond donors (Lipinski definition) is 1. The Kier molecular flexibility index (Phi) is 2.39. The molecule has 1 N–H and O–H groups in total. The molecule has 1 rings (SSSR count). The SMILES string of the molecule is COC(=O)C1CCS(=O)N1. The predicted octanol–water partition coefficient (Wildman–Crippen LogP) is -0.815. The topological polar surface area (TPSA) is 55.4 Å². The van der Waals surface area contributed by atoms with Crippen molar-refractivity contribution < 1.29 is 13.7 Å². The first-order valence-corrected chi connectivity index (χ1v) is 4.28. The Balaban J connectivity index is 2.44. The molecule has 2 atom stereocenters. The molecule has 58 valence electrons. The highest BCUT2D eigenvalue weighted by atomic mass is 32.2. The van der Waals surface area contributed by atoms with E-state index in [9.17, 15) is 9.00 Å². The molecule has 1 heterocycles. The van der Waals surface area contributed by atoms with Crippen LogP contribution in [0.5, 0.6) is 0 Å². The molecule has 1 aliphatic rings. The molecule has 0 aliphatic carbocycles. The minimum atomic E-state index is -1.03. The summed E-state index contributed by atoms with van der Waals surface area (Å²) in [5, 5.41) is 0. The molecule has 1 fully saturated rings. The van der Waals surface area contributed by atoms with Crippen LogP contribution in [0.25, 0.3) is 0 Å². The highest BCUT2D eigenvalue weighted by Gasteiger charge is 2.26. The average Bonchev–Trinajstić information content (AvgIpc) is 2.34. The van der Waals surface area contributed by atoms with Crippen LogP contribution in [0, 0.1) is 0 Å². The predicted molar refractivity (Wildman–Crippen MR) is 36.6 cm³/mol. The van der Waals surface area contributed by atoms with Gasteiger partial charge in [0, 0.05) is 5.75 Å². The molecule has 1 aliphatic heterocycles. The molecular formula is C5H9NO3S. The van der Waals surface area contributed by atoms with E-state index in [-0.39, 0.29) is 12.0 Å². The molecule has 0 spiro atoms. The summed E-state index contributed by atoms with van der Waals surface area (Å²) in [6.45, 7) is 0. The van der Waals surface area contributed by atoms with E-state index < -0.39 is 11.0 Å². The highest BCUT2D eigenvalue weighted by molar-refractivity contribution is 7.83. The van der Waals surface area contributed by atoms with Crippen molar-refractivity contribution in [3.8, 4) is 0 Å². The molecule has 0 radical (unpaired) electrons. The Hall–Kier alpha value is -0.420. The lowest BCUT2D eigenvalue weighted by molar-refractivity contribution is -0.142. The van der Waals surface area contributed by atoms with E-state index in [0.29, 0.717) is 12.2 Å². The third kappa shape index (κ3) is 1.54. The van der Waals surface area contributed by atoms with Gasteiger partial charge in [-0.25, -0.2) is 8.93 Å². The third-order valence-corrected chi connectivity index (χ3v) is 2.51. The van der Waals surface area contributed by atoms with Gasteiger partial charge < -0.3 is 4.74 Å². The van der Waals surface area contributed by atoms with Crippen molar-refractivity contribution in [2.24, 2.45) is 0 Å². The van der Waals surface area contributed by atoms with E-state index in [0.717, 1.165) is 0 Å². The summed E-state index contributed by atoms with van der Waals surface area (Å²) in [7, 11) is 0.299. The van der Waals surface area contributed by atoms with Gasteiger partial charge in [0.1, 0.15) is 6.04 Å². The largest absolute Gasteiger partial charge is 0.468 e. The molecule has 5 heteroatoms. The fourth-order valence-corrected chi connectivity index (χ4v) is 1.91. The zero-order valence-corrected chi connectivity index (χ0v) is 6.44. The first-order chi connectivity index (χ1) is 4.74. The number of nitrogens with one attached hydrogen (secondary N) is 1. The van der Waals surface area contributed by atoms with Crippen molar-refractivity contribution in [2.45, 2.75) is 12.5 Å². The van der Waals surface area contributed by atoms with E-state index in [2.05, 4.69) is 9.46 Å². The summed E-state index contributed by atoms with van der Waals surface area (Å²) in [5.41, 5.74) is 0. The van der Waals surface area contributed by atoms with Gasteiger partial charge in [-0.3, -0.25) is 4.79 Å². The maximum Gasteiger partial charge on any atom is 0.323 e. The molecule has 0 saturated carbocycles. The van der Waals surface area contributed by atoms with Crippen LogP contribution in [0.1, 0.15) is 6.42 Å². The first kappa shape index (κ1) is 7.68. The highest BCUT2D eigenvalue weighted by Crippen LogP contribution is 2.04. The van der Waals surface area contributed by atoms with Gasteiger partial charge >= 0.3 is 5.97 Å². The van der Waals surface area contributed by atoms with Crippen molar-refractivity contribution in [3.05, 3.63) is 0 Å². The number of esters is 1. The van der Waals surface area contributed by atoms with Crippen LogP contribution in [0.3, 0.4) is 0 Å². The average molecular weight is 163 g/mol. The van der Waals surface area contributed by atoms with E-state index in [1.54, 1.807) is 0 Å². The first-order valence-electron chi connectivity index (χ1n) is 2.96. The van der Waals surface area contributed by atoms with Crippen LogP contribution in [0.4, 0.5) is 0 Å². The van der Waals surface area contributed by atoms with E-state index in [4.69, 9.17) is 0 Å². The standard InChI is InChI=1S/C5H9NO3S/c1-9-5(7)4-2-3-10(8)6-4/h4,6H,2-3H2,1H3. The number of carbonyl (C=O) groups excluding carboxylic acids is 1.